The standard InChI is InChI=1S/C18H12Cl2FNO3/c19-11-5-7-13(20)17(9-11)24-10-12-6-8-16(25-12)18(23)22-15-4-2-1-3-14(15)21/h1-9H,10H2,(H,22,23). The van der Waals surface area contributed by atoms with Crippen LogP contribution in [0.15, 0.2) is 59.0 Å². The van der Waals surface area contributed by atoms with Gasteiger partial charge in [-0.25, -0.2) is 4.39 Å². The summed E-state index contributed by atoms with van der Waals surface area (Å²) >= 11 is 11.9. The summed E-state index contributed by atoms with van der Waals surface area (Å²) in [7, 11) is 0. The first-order valence-electron chi connectivity index (χ1n) is 7.25. The summed E-state index contributed by atoms with van der Waals surface area (Å²) in [5.74, 6) is -0.226. The van der Waals surface area contributed by atoms with E-state index < -0.39 is 11.7 Å². The van der Waals surface area contributed by atoms with Crippen molar-refractivity contribution < 1.29 is 18.3 Å². The Labute approximate surface area is 153 Å². The van der Waals surface area contributed by atoms with Crippen molar-refractivity contribution in [1.29, 1.82) is 0 Å². The zero-order chi connectivity index (χ0) is 17.8. The molecule has 0 spiro atoms. The lowest BCUT2D eigenvalue weighted by Crippen LogP contribution is -2.12. The lowest BCUT2D eigenvalue weighted by atomic mass is 10.3. The molecule has 0 unspecified atom stereocenters. The monoisotopic (exact) mass is 379 g/mol. The first kappa shape index (κ1) is 17.3. The van der Waals surface area contributed by atoms with Crippen LogP contribution in [0, 0.1) is 5.82 Å². The number of halogens is 3. The van der Waals surface area contributed by atoms with Gasteiger partial charge in [0.25, 0.3) is 5.91 Å². The molecular weight excluding hydrogens is 368 g/mol. The second-order valence-corrected chi connectivity index (χ2v) is 5.91. The Bertz CT molecular complexity index is 911. The van der Waals surface area contributed by atoms with Crippen LogP contribution < -0.4 is 10.1 Å². The van der Waals surface area contributed by atoms with Crippen LogP contribution in [0.5, 0.6) is 5.75 Å². The first-order chi connectivity index (χ1) is 12.0. The van der Waals surface area contributed by atoms with Crippen molar-refractivity contribution in [2.75, 3.05) is 5.32 Å². The summed E-state index contributed by atoms with van der Waals surface area (Å²) < 4.78 is 24.5. The molecule has 1 aromatic heterocycles. The van der Waals surface area contributed by atoms with E-state index in [0.29, 0.717) is 21.6 Å². The maximum Gasteiger partial charge on any atom is 0.291 e. The molecule has 128 valence electrons. The third-order valence-electron chi connectivity index (χ3n) is 3.27. The van der Waals surface area contributed by atoms with Gasteiger partial charge < -0.3 is 14.5 Å². The number of carbonyl (C=O) groups is 1. The number of furan rings is 1. The molecule has 3 aromatic rings. The van der Waals surface area contributed by atoms with E-state index in [0.717, 1.165) is 0 Å². The van der Waals surface area contributed by atoms with Gasteiger partial charge in [0.1, 0.15) is 23.9 Å². The lowest BCUT2D eigenvalue weighted by Gasteiger charge is -2.07. The van der Waals surface area contributed by atoms with Gasteiger partial charge in [0.15, 0.2) is 5.76 Å². The van der Waals surface area contributed by atoms with Crippen molar-refractivity contribution in [2.45, 2.75) is 6.61 Å². The fourth-order valence-electron chi connectivity index (χ4n) is 2.06. The number of nitrogens with one attached hydrogen (secondary N) is 1. The van der Waals surface area contributed by atoms with Gasteiger partial charge in [-0.3, -0.25) is 4.79 Å². The maximum atomic E-state index is 13.6. The van der Waals surface area contributed by atoms with Crippen molar-refractivity contribution in [3.63, 3.8) is 0 Å². The van der Waals surface area contributed by atoms with E-state index in [2.05, 4.69) is 5.32 Å². The largest absolute Gasteiger partial charge is 0.484 e. The molecule has 3 rings (SSSR count). The number of rotatable bonds is 5. The van der Waals surface area contributed by atoms with E-state index in [1.165, 1.54) is 24.3 Å². The molecule has 0 aliphatic heterocycles. The van der Waals surface area contributed by atoms with Gasteiger partial charge in [0.05, 0.1) is 10.7 Å². The van der Waals surface area contributed by atoms with Crippen LogP contribution >= 0.6 is 23.2 Å². The second-order valence-electron chi connectivity index (χ2n) is 5.06. The number of para-hydroxylation sites is 1. The predicted octanol–water partition coefficient (Wildman–Crippen LogP) is 5.56. The molecule has 0 saturated heterocycles. The summed E-state index contributed by atoms with van der Waals surface area (Å²) in [4.78, 5) is 12.1. The van der Waals surface area contributed by atoms with Gasteiger partial charge in [-0.05, 0) is 36.4 Å². The SMILES string of the molecule is O=C(Nc1ccccc1F)c1ccc(COc2cc(Cl)ccc2Cl)o1. The normalized spacial score (nSPS) is 10.5. The Balaban J connectivity index is 1.65. The van der Waals surface area contributed by atoms with Crippen LogP contribution in [0.3, 0.4) is 0 Å². The Morgan fingerprint density at radius 1 is 1.12 bits per heavy atom. The number of carbonyl (C=O) groups excluding carboxylic acids is 1. The minimum atomic E-state index is -0.558. The summed E-state index contributed by atoms with van der Waals surface area (Å²) in [6.45, 7) is 0.0625. The highest BCUT2D eigenvalue weighted by molar-refractivity contribution is 6.34. The molecule has 0 aliphatic rings. The number of anilines is 1. The van der Waals surface area contributed by atoms with Crippen molar-refractivity contribution in [3.8, 4) is 5.75 Å². The van der Waals surface area contributed by atoms with Crippen LogP contribution in [0.4, 0.5) is 10.1 Å². The number of amides is 1. The van der Waals surface area contributed by atoms with Crippen LogP contribution in [0.2, 0.25) is 10.0 Å². The highest BCUT2D eigenvalue weighted by Crippen LogP contribution is 2.28. The molecule has 4 nitrogen and oxygen atoms in total. The molecule has 0 bridgehead atoms. The number of hydrogen-bond donors (Lipinski definition) is 1. The van der Waals surface area contributed by atoms with E-state index in [4.69, 9.17) is 32.4 Å². The summed E-state index contributed by atoms with van der Waals surface area (Å²) in [5, 5.41) is 3.34. The van der Waals surface area contributed by atoms with Crippen molar-refractivity contribution in [2.24, 2.45) is 0 Å². The molecule has 0 radical (unpaired) electrons. The molecule has 1 amide bonds. The highest BCUT2D eigenvalue weighted by Gasteiger charge is 2.14. The highest BCUT2D eigenvalue weighted by atomic mass is 35.5. The lowest BCUT2D eigenvalue weighted by molar-refractivity contribution is 0.0992. The van der Waals surface area contributed by atoms with Crippen LogP contribution in [0.25, 0.3) is 0 Å². The quantitative estimate of drug-likeness (QED) is 0.631. The minimum Gasteiger partial charge on any atom is -0.484 e. The van der Waals surface area contributed by atoms with Crippen molar-refractivity contribution in [3.05, 3.63) is 82.0 Å². The van der Waals surface area contributed by atoms with E-state index in [1.807, 2.05) is 0 Å². The third kappa shape index (κ3) is 4.32. The third-order valence-corrected chi connectivity index (χ3v) is 3.82. The van der Waals surface area contributed by atoms with Gasteiger partial charge >= 0.3 is 0 Å². The molecule has 0 atom stereocenters. The fraction of sp³-hybridized carbons (Fsp3) is 0.0556. The molecule has 7 heteroatoms. The van der Waals surface area contributed by atoms with Gasteiger partial charge in [0, 0.05) is 11.1 Å². The van der Waals surface area contributed by atoms with Gasteiger partial charge in [0.2, 0.25) is 0 Å². The van der Waals surface area contributed by atoms with Gasteiger partial charge in [-0.1, -0.05) is 35.3 Å². The molecule has 0 saturated carbocycles. The summed E-state index contributed by atoms with van der Waals surface area (Å²) in [6, 6.07) is 13.8. The zero-order valence-electron chi connectivity index (χ0n) is 12.8. The predicted molar refractivity (Wildman–Crippen MR) is 93.9 cm³/mol. The van der Waals surface area contributed by atoms with Gasteiger partial charge in [-0.15, -0.1) is 0 Å². The van der Waals surface area contributed by atoms with Crippen molar-refractivity contribution in [1.82, 2.24) is 0 Å². The smallest absolute Gasteiger partial charge is 0.291 e. The molecule has 1 N–H and O–H groups in total. The zero-order valence-corrected chi connectivity index (χ0v) is 14.3. The second kappa shape index (κ2) is 7.59. The average Bonchev–Trinajstić information content (AvgIpc) is 3.07. The Morgan fingerprint density at radius 3 is 2.72 bits per heavy atom. The molecule has 1 heterocycles. The van der Waals surface area contributed by atoms with E-state index >= 15 is 0 Å². The number of hydrogen-bond acceptors (Lipinski definition) is 3. The summed E-state index contributed by atoms with van der Waals surface area (Å²) in [6.07, 6.45) is 0. The number of ether oxygens (including phenoxy) is 1. The molecular formula is C18H12Cl2FNO3. The van der Waals surface area contributed by atoms with Crippen LogP contribution in [-0.2, 0) is 6.61 Å². The topological polar surface area (TPSA) is 51.5 Å². The van der Waals surface area contributed by atoms with E-state index in [-0.39, 0.29) is 18.1 Å². The average molecular weight is 380 g/mol. The molecule has 2 aromatic carbocycles. The Hall–Kier alpha value is -2.50. The molecule has 0 fully saturated rings. The van der Waals surface area contributed by atoms with Gasteiger partial charge in [-0.2, -0.15) is 0 Å². The summed E-state index contributed by atoms with van der Waals surface area (Å²) in [5.41, 5.74) is 0.0763. The first-order valence-corrected chi connectivity index (χ1v) is 8.01. The molecule has 0 aliphatic carbocycles. The van der Waals surface area contributed by atoms with Crippen molar-refractivity contribution >= 4 is 34.8 Å². The number of benzene rings is 2. The van der Waals surface area contributed by atoms with Crippen LogP contribution in [0.1, 0.15) is 16.3 Å². The minimum absolute atomic E-state index is 0.0408. The van der Waals surface area contributed by atoms with E-state index in [1.54, 1.807) is 30.3 Å². The fourth-order valence-corrected chi connectivity index (χ4v) is 2.39. The Kier molecular flexibility index (Phi) is 5.26. The van der Waals surface area contributed by atoms with E-state index in [9.17, 15) is 9.18 Å². The Morgan fingerprint density at radius 2 is 1.92 bits per heavy atom. The maximum absolute atomic E-state index is 13.6. The molecule has 25 heavy (non-hydrogen) atoms. The van der Waals surface area contributed by atoms with Crippen LogP contribution in [-0.4, -0.2) is 5.91 Å².